The number of hydrogen-bond acceptors (Lipinski definition) is 4. The zero-order chi connectivity index (χ0) is 14.6. The Balaban J connectivity index is 3.61. The topological polar surface area (TPSA) is 72.2 Å². The summed E-state index contributed by atoms with van der Waals surface area (Å²) in [6.45, 7) is 3.92. The molecule has 0 aromatic rings. The largest absolute Gasteiger partial charge is 0.271 e. The fraction of sp³-hybridized carbons (Fsp3) is 1.00. The predicted octanol–water partition coefficient (Wildman–Crippen LogP) is 2.78. The number of hydrazine groups is 1. The Morgan fingerprint density at radius 1 is 0.947 bits per heavy atom. The predicted molar refractivity (Wildman–Crippen MR) is 82.7 cm³/mol. The van der Waals surface area contributed by atoms with E-state index >= 15 is 0 Å². The van der Waals surface area contributed by atoms with Crippen molar-refractivity contribution in [1.29, 1.82) is 0 Å². The summed E-state index contributed by atoms with van der Waals surface area (Å²) in [6, 6.07) is 0.262. The zero-order valence-electron chi connectivity index (χ0n) is 12.7. The van der Waals surface area contributed by atoms with E-state index in [0.29, 0.717) is 6.42 Å². The minimum absolute atomic E-state index is 0.241. The van der Waals surface area contributed by atoms with E-state index in [2.05, 4.69) is 12.3 Å². The van der Waals surface area contributed by atoms with E-state index in [-0.39, 0.29) is 17.5 Å². The van der Waals surface area contributed by atoms with Crippen molar-refractivity contribution in [3.05, 3.63) is 0 Å². The van der Waals surface area contributed by atoms with Crippen LogP contribution in [0.1, 0.15) is 71.6 Å². The van der Waals surface area contributed by atoms with Crippen molar-refractivity contribution >= 4 is 9.84 Å². The summed E-state index contributed by atoms with van der Waals surface area (Å²) in [5, 5.41) is 0. The Hall–Kier alpha value is -0.130. The minimum atomic E-state index is -2.83. The van der Waals surface area contributed by atoms with Crippen LogP contribution in [0, 0.1) is 0 Å². The molecule has 0 amide bonds. The van der Waals surface area contributed by atoms with Crippen LogP contribution >= 0.6 is 0 Å². The average Bonchev–Trinajstić information content (AvgIpc) is 2.40. The average molecular weight is 292 g/mol. The smallest absolute Gasteiger partial charge is 0.150 e. The van der Waals surface area contributed by atoms with E-state index < -0.39 is 9.84 Å². The van der Waals surface area contributed by atoms with Crippen LogP contribution in [0.2, 0.25) is 0 Å². The van der Waals surface area contributed by atoms with Gasteiger partial charge in [0.1, 0.15) is 9.84 Å². The summed E-state index contributed by atoms with van der Waals surface area (Å²) in [5.74, 6) is 6.05. The first kappa shape index (κ1) is 18.9. The minimum Gasteiger partial charge on any atom is -0.271 e. The van der Waals surface area contributed by atoms with Crippen LogP contribution in [0.15, 0.2) is 0 Å². The molecular weight excluding hydrogens is 260 g/mol. The van der Waals surface area contributed by atoms with Crippen molar-refractivity contribution in [3.63, 3.8) is 0 Å². The maximum Gasteiger partial charge on any atom is 0.150 e. The van der Waals surface area contributed by atoms with Gasteiger partial charge >= 0.3 is 0 Å². The van der Waals surface area contributed by atoms with Crippen molar-refractivity contribution in [1.82, 2.24) is 5.43 Å². The standard InChI is InChI=1S/C14H32N2O2S/c1-3-5-6-7-8-9-11-14(16-15)12-10-13-19(17,18)4-2/h14,16H,3-13,15H2,1-2H3. The van der Waals surface area contributed by atoms with Crippen LogP contribution in [-0.4, -0.2) is 26.0 Å². The molecule has 19 heavy (non-hydrogen) atoms. The molecule has 116 valence electrons. The Morgan fingerprint density at radius 3 is 2.11 bits per heavy atom. The lowest BCUT2D eigenvalue weighted by Crippen LogP contribution is -2.35. The summed E-state index contributed by atoms with van der Waals surface area (Å²) < 4.78 is 22.8. The van der Waals surface area contributed by atoms with Gasteiger partial charge in [-0.1, -0.05) is 52.4 Å². The molecule has 0 fully saturated rings. The van der Waals surface area contributed by atoms with Gasteiger partial charge in [-0.25, -0.2) is 8.42 Å². The molecule has 0 aliphatic carbocycles. The summed E-state index contributed by atoms with van der Waals surface area (Å²) in [7, 11) is -2.83. The van der Waals surface area contributed by atoms with Crippen LogP contribution in [0.4, 0.5) is 0 Å². The Bertz CT molecular complexity index is 292. The molecule has 3 N–H and O–H groups in total. The second-order valence-electron chi connectivity index (χ2n) is 5.30. The molecule has 0 aliphatic rings. The highest BCUT2D eigenvalue weighted by Crippen LogP contribution is 2.11. The molecule has 0 bridgehead atoms. The lowest BCUT2D eigenvalue weighted by molar-refractivity contribution is 0.434. The van der Waals surface area contributed by atoms with E-state index in [9.17, 15) is 8.42 Å². The number of nitrogens with one attached hydrogen (secondary N) is 1. The summed E-state index contributed by atoms with van der Waals surface area (Å²) in [5.41, 5.74) is 2.81. The van der Waals surface area contributed by atoms with Gasteiger partial charge in [0, 0.05) is 11.8 Å². The second-order valence-corrected chi connectivity index (χ2v) is 7.77. The highest BCUT2D eigenvalue weighted by molar-refractivity contribution is 7.91. The van der Waals surface area contributed by atoms with Gasteiger partial charge in [-0.2, -0.15) is 0 Å². The molecule has 4 nitrogen and oxygen atoms in total. The van der Waals surface area contributed by atoms with Gasteiger partial charge < -0.3 is 0 Å². The normalized spacial score (nSPS) is 13.6. The van der Waals surface area contributed by atoms with Gasteiger partial charge in [0.25, 0.3) is 0 Å². The lowest BCUT2D eigenvalue weighted by Gasteiger charge is -2.15. The Labute approximate surface area is 119 Å². The molecule has 0 saturated carbocycles. The third kappa shape index (κ3) is 11.4. The van der Waals surface area contributed by atoms with Gasteiger partial charge in [0.15, 0.2) is 0 Å². The van der Waals surface area contributed by atoms with Crippen LogP contribution in [-0.2, 0) is 9.84 Å². The second kappa shape index (κ2) is 11.7. The molecule has 0 saturated heterocycles. The van der Waals surface area contributed by atoms with E-state index in [1.807, 2.05) is 0 Å². The van der Waals surface area contributed by atoms with E-state index in [1.165, 1.54) is 38.5 Å². The Kier molecular flexibility index (Phi) is 11.6. The highest BCUT2D eigenvalue weighted by Gasteiger charge is 2.10. The van der Waals surface area contributed by atoms with Crippen molar-refractivity contribution in [2.45, 2.75) is 77.7 Å². The van der Waals surface area contributed by atoms with Crippen molar-refractivity contribution in [3.8, 4) is 0 Å². The van der Waals surface area contributed by atoms with Crippen LogP contribution < -0.4 is 11.3 Å². The lowest BCUT2D eigenvalue weighted by atomic mass is 10.0. The Morgan fingerprint density at radius 2 is 1.53 bits per heavy atom. The monoisotopic (exact) mass is 292 g/mol. The molecule has 0 spiro atoms. The van der Waals surface area contributed by atoms with Gasteiger partial charge in [-0.15, -0.1) is 0 Å². The molecule has 0 aliphatic heterocycles. The number of nitrogens with two attached hydrogens (primary N) is 1. The molecule has 0 heterocycles. The van der Waals surface area contributed by atoms with Crippen molar-refractivity contribution in [2.24, 2.45) is 5.84 Å². The SMILES string of the molecule is CCCCCCCCC(CCCS(=O)(=O)CC)NN. The molecule has 1 atom stereocenters. The third-order valence-corrected chi connectivity index (χ3v) is 5.38. The first-order valence-corrected chi connectivity index (χ1v) is 9.54. The van der Waals surface area contributed by atoms with Crippen LogP contribution in [0.3, 0.4) is 0 Å². The van der Waals surface area contributed by atoms with Crippen molar-refractivity contribution < 1.29 is 8.42 Å². The molecule has 0 radical (unpaired) electrons. The molecular formula is C14H32N2O2S. The first-order valence-electron chi connectivity index (χ1n) is 7.72. The van der Waals surface area contributed by atoms with Crippen LogP contribution in [0.25, 0.3) is 0 Å². The number of hydrogen-bond donors (Lipinski definition) is 2. The summed E-state index contributed by atoms with van der Waals surface area (Å²) >= 11 is 0. The zero-order valence-corrected chi connectivity index (χ0v) is 13.5. The first-order chi connectivity index (χ1) is 9.05. The van der Waals surface area contributed by atoms with E-state index in [0.717, 1.165) is 12.8 Å². The quantitative estimate of drug-likeness (QED) is 0.311. The van der Waals surface area contributed by atoms with Gasteiger partial charge in [-0.05, 0) is 19.3 Å². The van der Waals surface area contributed by atoms with E-state index in [1.54, 1.807) is 6.92 Å². The summed E-state index contributed by atoms with van der Waals surface area (Å²) in [4.78, 5) is 0. The molecule has 0 rings (SSSR count). The van der Waals surface area contributed by atoms with Crippen LogP contribution in [0.5, 0.6) is 0 Å². The van der Waals surface area contributed by atoms with E-state index in [4.69, 9.17) is 5.84 Å². The highest BCUT2D eigenvalue weighted by atomic mass is 32.2. The number of rotatable bonds is 13. The van der Waals surface area contributed by atoms with Gasteiger partial charge in [-0.3, -0.25) is 11.3 Å². The fourth-order valence-corrected chi connectivity index (χ4v) is 3.07. The maximum atomic E-state index is 11.4. The number of unbranched alkanes of at least 4 members (excludes halogenated alkanes) is 5. The van der Waals surface area contributed by atoms with Crippen molar-refractivity contribution in [2.75, 3.05) is 11.5 Å². The molecule has 1 unspecified atom stereocenters. The molecule has 5 heteroatoms. The summed E-state index contributed by atoms with van der Waals surface area (Å²) in [6.07, 6.45) is 10.3. The molecule has 0 aromatic heterocycles. The number of sulfone groups is 1. The fourth-order valence-electron chi connectivity index (χ4n) is 2.18. The third-order valence-electron chi connectivity index (χ3n) is 3.59. The molecule has 0 aromatic carbocycles. The maximum absolute atomic E-state index is 11.4. The van der Waals surface area contributed by atoms with Gasteiger partial charge in [0.2, 0.25) is 0 Å². The van der Waals surface area contributed by atoms with Gasteiger partial charge in [0.05, 0.1) is 5.75 Å².